The molecule has 8 N–H and O–H groups in total. The van der Waals surface area contributed by atoms with Crippen LogP contribution in [0.5, 0.6) is 0 Å². The van der Waals surface area contributed by atoms with Crippen molar-refractivity contribution >= 4 is 46.8 Å². The van der Waals surface area contributed by atoms with Crippen LogP contribution < -0.4 is 21.7 Å². The number of aromatic amines is 1. The monoisotopic (exact) mass is 1060 g/mol. The van der Waals surface area contributed by atoms with Crippen LogP contribution in [0.2, 0.25) is 0 Å². The minimum Gasteiger partial charge on any atom is -0.480 e. The number of rotatable bonds is 50. The second-order valence-corrected chi connectivity index (χ2v) is 19.2. The quantitative estimate of drug-likeness (QED) is 0.0358. The summed E-state index contributed by atoms with van der Waals surface area (Å²) >= 11 is 0. The second-order valence-electron chi connectivity index (χ2n) is 19.2. The van der Waals surface area contributed by atoms with E-state index in [1.807, 2.05) is 6.92 Å². The molecule has 0 aliphatic heterocycles. The first-order chi connectivity index (χ1) is 35.6. The van der Waals surface area contributed by atoms with E-state index in [1.54, 1.807) is 12.5 Å². The molecule has 0 saturated carbocycles. The highest BCUT2D eigenvalue weighted by Crippen LogP contribution is 2.15. The lowest BCUT2D eigenvalue weighted by atomic mass is 9.94. The number of carboxylic acids is 1. The summed E-state index contributed by atoms with van der Waals surface area (Å²) in [4.78, 5) is 101. The fraction of sp³-hybridized carbons (Fsp3) is 0.796. The third-order valence-electron chi connectivity index (χ3n) is 12.1. The Kier molecular flexibility index (Phi) is 45.3. The highest BCUT2D eigenvalue weighted by atomic mass is 16.5. The molecule has 0 radical (unpaired) electrons. The molecule has 74 heavy (non-hydrogen) atoms. The first-order valence-electron chi connectivity index (χ1n) is 27.3. The van der Waals surface area contributed by atoms with E-state index >= 15 is 0 Å². The lowest BCUT2D eigenvalue weighted by Gasteiger charge is -2.14. The zero-order chi connectivity index (χ0) is 55.0. The van der Waals surface area contributed by atoms with Crippen LogP contribution in [0.3, 0.4) is 0 Å². The van der Waals surface area contributed by atoms with Crippen LogP contribution >= 0.6 is 0 Å². The van der Waals surface area contributed by atoms with Gasteiger partial charge in [0.25, 0.3) is 0 Å². The fourth-order valence-electron chi connectivity index (χ4n) is 7.64. The minimum atomic E-state index is -1.14. The van der Waals surface area contributed by atoms with Crippen molar-refractivity contribution in [3.63, 3.8) is 0 Å². The fourth-order valence-corrected chi connectivity index (χ4v) is 7.64. The number of unbranched alkanes of at least 4 members (excludes halogenated alkanes) is 13. The number of hydrogen-bond acceptors (Lipinski definition) is 15. The lowest BCUT2D eigenvalue weighted by molar-refractivity contribution is -0.142. The standard InChI is InChI=1S/C47H84N6O11.C7H12O3.2H2/c1-3-4-5-6-7-8-9-10-11-12-13-14-15-21-44(56)53-42(47(59)60)23-22-40(54)20-18-26-61-28-30-63-36-46(58)51-25-27-62-29-31-64-35-45(57)50-24-17-16-19-38(2)32-43(55)41(48)33-39-34-49-37-52-39;1-5(9)3-7(4-8)6(2)10;;/h34,37-38,41-42H,3-33,35-36,48H2,1-2H3,(H,49,52)(H,50,57)(H,51,58)(H,53,56)(H,59,60);7-8H,3-4H2,1-2H3;2*1H/t38-,41+,42+;7-;;/m10../s1. The lowest BCUT2D eigenvalue weighted by Crippen LogP contribution is -2.41. The van der Waals surface area contributed by atoms with Crippen LogP contribution in [0.4, 0.5) is 0 Å². The third kappa shape index (κ3) is 43.9. The maximum atomic E-state index is 12.4. The Hall–Kier alpha value is -4.47. The number of ketones is 4. The molecular formula is C54H100N6O14. The number of aromatic nitrogens is 2. The number of carbonyl (C=O) groups excluding carboxylic acids is 7. The number of imidazole rings is 1. The Morgan fingerprint density at radius 3 is 1.76 bits per heavy atom. The van der Waals surface area contributed by atoms with Crippen molar-refractivity contribution < 1.29 is 70.4 Å². The summed E-state index contributed by atoms with van der Waals surface area (Å²) in [5.41, 5.74) is 6.87. The van der Waals surface area contributed by atoms with Gasteiger partial charge in [0, 0.05) is 78.9 Å². The Morgan fingerprint density at radius 1 is 0.662 bits per heavy atom. The maximum Gasteiger partial charge on any atom is 0.326 e. The van der Waals surface area contributed by atoms with E-state index in [9.17, 15) is 43.5 Å². The molecule has 0 spiro atoms. The Labute approximate surface area is 444 Å². The van der Waals surface area contributed by atoms with Gasteiger partial charge in [0.15, 0.2) is 0 Å². The predicted molar refractivity (Wildman–Crippen MR) is 286 cm³/mol. The molecule has 430 valence electrons. The molecule has 0 unspecified atom stereocenters. The number of carbonyl (C=O) groups is 8. The molecule has 20 nitrogen and oxygen atoms in total. The second kappa shape index (κ2) is 48.2. The summed E-state index contributed by atoms with van der Waals surface area (Å²) in [6.45, 7) is 8.98. The van der Waals surface area contributed by atoms with Crippen LogP contribution in [0.25, 0.3) is 0 Å². The number of H-pyrrole nitrogens is 1. The molecule has 3 amide bonds. The predicted octanol–water partition coefficient (Wildman–Crippen LogP) is 6.18. The van der Waals surface area contributed by atoms with Gasteiger partial charge in [-0.3, -0.25) is 28.8 Å². The number of carboxylic acid groups (broad SMARTS) is 1. The average Bonchev–Trinajstić information content (AvgIpc) is 3.88. The third-order valence-corrected chi connectivity index (χ3v) is 12.1. The van der Waals surface area contributed by atoms with E-state index in [0.29, 0.717) is 38.8 Å². The number of aliphatic hydroxyl groups excluding tert-OH is 1. The summed E-state index contributed by atoms with van der Waals surface area (Å²) in [5.74, 6) is -2.45. The van der Waals surface area contributed by atoms with Gasteiger partial charge < -0.3 is 60.6 Å². The van der Waals surface area contributed by atoms with E-state index in [0.717, 1.165) is 44.2 Å². The molecule has 0 saturated heterocycles. The molecule has 1 heterocycles. The molecule has 0 aromatic carbocycles. The van der Waals surface area contributed by atoms with Gasteiger partial charge in [-0.1, -0.05) is 104 Å². The zero-order valence-electron chi connectivity index (χ0n) is 45.5. The number of hydrogen-bond donors (Lipinski definition) is 7. The molecule has 0 fully saturated rings. The Balaban J connectivity index is -0.00000399. The number of nitrogens with zero attached hydrogens (tertiary/aromatic N) is 1. The van der Waals surface area contributed by atoms with Gasteiger partial charge in [0.05, 0.1) is 52.0 Å². The SMILES string of the molecule is CC(=O)C[C@@H](CO)C(C)=O.CCCCCCCCCCCCCCCC(=O)N[C@@H](CCC(=O)CCCOCCOCC(=O)NCCOCCOCC(=O)NCCCC[C@@H](C)CC(=O)[C@@H](N)Cc1cnc[nH]1)C(=O)O.[HH].[HH]. The van der Waals surface area contributed by atoms with E-state index in [4.69, 9.17) is 29.8 Å². The van der Waals surface area contributed by atoms with Crippen molar-refractivity contribution in [3.8, 4) is 0 Å². The van der Waals surface area contributed by atoms with Crippen LogP contribution in [0, 0.1) is 11.8 Å². The first-order valence-corrected chi connectivity index (χ1v) is 27.3. The number of nitrogens with one attached hydrogen (secondary N) is 4. The van der Waals surface area contributed by atoms with Gasteiger partial charge in [-0.25, -0.2) is 9.78 Å². The van der Waals surface area contributed by atoms with Crippen LogP contribution in [0.1, 0.15) is 184 Å². The van der Waals surface area contributed by atoms with Gasteiger partial charge in [-0.05, 0) is 45.4 Å². The maximum absolute atomic E-state index is 12.4. The average molecular weight is 1060 g/mol. The molecule has 1 rings (SSSR count). The molecule has 1 aromatic heterocycles. The van der Waals surface area contributed by atoms with E-state index in [2.05, 4.69) is 32.8 Å². The molecule has 0 aliphatic rings. The number of aliphatic hydroxyl groups is 1. The van der Waals surface area contributed by atoms with Gasteiger partial charge in [-0.2, -0.15) is 0 Å². The summed E-state index contributed by atoms with van der Waals surface area (Å²) in [6.07, 6.45) is 23.7. The van der Waals surface area contributed by atoms with E-state index < -0.39 is 24.0 Å². The van der Waals surface area contributed by atoms with Gasteiger partial charge in [0.2, 0.25) is 17.7 Å². The molecular weight excluding hydrogens is 957 g/mol. The molecule has 4 atom stereocenters. The summed E-state index contributed by atoms with van der Waals surface area (Å²) < 4.78 is 21.6. The topological polar surface area (TPSA) is 305 Å². The Bertz CT molecular complexity index is 1660. The highest BCUT2D eigenvalue weighted by molar-refractivity contribution is 5.86. The smallest absolute Gasteiger partial charge is 0.326 e. The van der Waals surface area contributed by atoms with Crippen molar-refractivity contribution in [2.75, 3.05) is 72.6 Å². The normalized spacial score (nSPS) is 12.7. The summed E-state index contributed by atoms with van der Waals surface area (Å²) in [5, 5.41) is 26.2. The summed E-state index contributed by atoms with van der Waals surface area (Å²) in [7, 11) is 0. The van der Waals surface area contributed by atoms with Gasteiger partial charge in [0.1, 0.15) is 42.4 Å². The molecule has 0 bridgehead atoms. The summed E-state index contributed by atoms with van der Waals surface area (Å²) in [6, 6.07) is -1.62. The van der Waals surface area contributed by atoms with Crippen LogP contribution in [-0.4, -0.2) is 152 Å². The Morgan fingerprint density at radius 2 is 1.23 bits per heavy atom. The van der Waals surface area contributed by atoms with Crippen molar-refractivity contribution in [1.29, 1.82) is 0 Å². The molecule has 1 aromatic rings. The van der Waals surface area contributed by atoms with Crippen molar-refractivity contribution in [3.05, 3.63) is 18.2 Å². The van der Waals surface area contributed by atoms with Crippen molar-refractivity contribution in [2.45, 2.75) is 194 Å². The number of Topliss-reactive ketones (excluding diaryl/α,β-unsaturated/α-hetero) is 4. The minimum absolute atomic E-state index is 0. The van der Waals surface area contributed by atoms with Gasteiger partial charge in [-0.15, -0.1) is 0 Å². The molecule has 20 heteroatoms. The van der Waals surface area contributed by atoms with Crippen molar-refractivity contribution in [1.82, 2.24) is 25.9 Å². The van der Waals surface area contributed by atoms with E-state index in [-0.39, 0.29) is 135 Å². The molecule has 0 aliphatic carbocycles. The number of aliphatic carboxylic acids is 1. The number of nitrogens with two attached hydrogens (primary N) is 1. The van der Waals surface area contributed by atoms with Crippen LogP contribution in [-0.2, 0) is 63.7 Å². The number of amides is 3. The van der Waals surface area contributed by atoms with E-state index in [1.165, 1.54) is 78.1 Å². The number of ether oxygens (including phenoxy) is 4. The van der Waals surface area contributed by atoms with Crippen LogP contribution in [0.15, 0.2) is 12.5 Å². The largest absolute Gasteiger partial charge is 0.480 e. The van der Waals surface area contributed by atoms with Gasteiger partial charge >= 0.3 is 5.97 Å². The van der Waals surface area contributed by atoms with Crippen molar-refractivity contribution in [2.24, 2.45) is 17.6 Å². The highest BCUT2D eigenvalue weighted by Gasteiger charge is 2.21. The first kappa shape index (κ1) is 69.5. The zero-order valence-corrected chi connectivity index (χ0v) is 45.5.